The van der Waals surface area contributed by atoms with Gasteiger partial charge < -0.3 is 9.47 Å². The minimum absolute atomic E-state index is 0.100. The number of nitrogens with one attached hydrogen (secondary N) is 1. The van der Waals surface area contributed by atoms with Gasteiger partial charge in [-0.15, -0.1) is 0 Å². The summed E-state index contributed by atoms with van der Waals surface area (Å²) in [6.07, 6.45) is -0.718. The largest absolute Gasteiger partial charge is 0.463 e. The fourth-order valence-electron chi connectivity index (χ4n) is 1.79. The molecule has 1 aliphatic rings. The van der Waals surface area contributed by atoms with Crippen LogP contribution in [0.25, 0.3) is 0 Å². The average molecular weight is 392 g/mol. The molecule has 0 amide bonds. The van der Waals surface area contributed by atoms with E-state index in [1.165, 1.54) is 12.1 Å². The molecule has 0 spiro atoms. The second kappa shape index (κ2) is 7.21. The van der Waals surface area contributed by atoms with Crippen LogP contribution in [0, 0.1) is 0 Å². The smallest absolute Gasteiger partial charge is 0.347 e. The molecule has 1 N–H and O–H groups in total. The molecule has 1 saturated heterocycles. The number of rotatable bonds is 6. The van der Waals surface area contributed by atoms with E-state index in [2.05, 4.69) is 25.4 Å². The van der Waals surface area contributed by atoms with Crippen LogP contribution in [0.1, 0.15) is 12.8 Å². The third-order valence-corrected chi connectivity index (χ3v) is 4.91. The Morgan fingerprint density at radius 3 is 2.64 bits per heavy atom. The van der Waals surface area contributed by atoms with E-state index < -0.39 is 28.1 Å². The Morgan fingerprint density at radius 2 is 2.05 bits per heavy atom. The first-order valence-corrected chi connectivity index (χ1v) is 8.77. The van der Waals surface area contributed by atoms with Crippen LogP contribution in [0.5, 0.6) is 0 Å². The Hall–Kier alpha value is -1.45. The van der Waals surface area contributed by atoms with Gasteiger partial charge in [-0.3, -0.25) is 4.79 Å². The van der Waals surface area contributed by atoms with E-state index in [1.54, 1.807) is 12.1 Å². The molecule has 22 heavy (non-hydrogen) atoms. The lowest BCUT2D eigenvalue weighted by molar-refractivity contribution is -0.160. The van der Waals surface area contributed by atoms with Gasteiger partial charge in [0.2, 0.25) is 16.1 Å². The Morgan fingerprint density at radius 1 is 1.36 bits per heavy atom. The van der Waals surface area contributed by atoms with Crippen LogP contribution in [0.15, 0.2) is 33.6 Å². The first-order chi connectivity index (χ1) is 10.4. The zero-order valence-corrected chi connectivity index (χ0v) is 13.9. The molecule has 2 rings (SSSR count). The van der Waals surface area contributed by atoms with Gasteiger partial charge in [0, 0.05) is 17.4 Å². The monoisotopic (exact) mass is 391 g/mol. The molecule has 1 aromatic carbocycles. The second-order valence-electron chi connectivity index (χ2n) is 4.54. The molecular formula is C13H14BrNO6S. The summed E-state index contributed by atoms with van der Waals surface area (Å²) in [4.78, 5) is 22.8. The van der Waals surface area contributed by atoms with Crippen LogP contribution in [0.4, 0.5) is 0 Å². The zero-order valence-electron chi connectivity index (χ0n) is 11.5. The lowest BCUT2D eigenvalue weighted by Gasteiger charge is -2.09. The number of esters is 2. The van der Waals surface area contributed by atoms with E-state index in [4.69, 9.17) is 4.74 Å². The second-order valence-corrected chi connectivity index (χ2v) is 7.22. The fourth-order valence-corrected chi connectivity index (χ4v) is 3.08. The van der Waals surface area contributed by atoms with E-state index in [1.807, 2.05) is 0 Å². The summed E-state index contributed by atoms with van der Waals surface area (Å²) in [5.41, 5.74) is 0. The molecule has 0 unspecified atom stereocenters. The number of ether oxygens (including phenoxy) is 2. The number of carbonyl (C=O) groups is 2. The zero-order chi connectivity index (χ0) is 16.2. The molecule has 7 nitrogen and oxygen atoms in total. The van der Waals surface area contributed by atoms with Crippen LogP contribution in [0.3, 0.4) is 0 Å². The van der Waals surface area contributed by atoms with Crippen LogP contribution in [0.2, 0.25) is 0 Å². The predicted octanol–water partition coefficient (Wildman–Crippen LogP) is 0.976. The van der Waals surface area contributed by atoms with Crippen molar-refractivity contribution < 1.29 is 27.5 Å². The number of carbonyl (C=O) groups excluding carboxylic acids is 2. The number of sulfonamides is 1. The molecule has 1 aliphatic heterocycles. The lowest BCUT2D eigenvalue weighted by atomic mass is 10.3. The summed E-state index contributed by atoms with van der Waals surface area (Å²) < 4.78 is 36.6. The first-order valence-electron chi connectivity index (χ1n) is 6.50. The van der Waals surface area contributed by atoms with Gasteiger partial charge in [0.1, 0.15) is 0 Å². The minimum atomic E-state index is -3.68. The molecule has 1 atom stereocenters. The molecule has 0 bridgehead atoms. The van der Waals surface area contributed by atoms with Crippen LogP contribution in [-0.4, -0.2) is 39.6 Å². The summed E-state index contributed by atoms with van der Waals surface area (Å²) in [5.74, 6) is -1.22. The average Bonchev–Trinajstić information content (AvgIpc) is 2.84. The molecule has 0 aliphatic carbocycles. The lowest BCUT2D eigenvalue weighted by Crippen LogP contribution is -2.29. The van der Waals surface area contributed by atoms with Crippen molar-refractivity contribution in [3.8, 4) is 0 Å². The molecular weight excluding hydrogens is 378 g/mol. The summed E-state index contributed by atoms with van der Waals surface area (Å²) >= 11 is 3.22. The van der Waals surface area contributed by atoms with Crippen molar-refractivity contribution in [3.05, 3.63) is 28.7 Å². The van der Waals surface area contributed by atoms with Crippen molar-refractivity contribution in [2.45, 2.75) is 23.8 Å². The number of cyclic esters (lactones) is 1. The van der Waals surface area contributed by atoms with Gasteiger partial charge in [-0.1, -0.05) is 15.9 Å². The maximum atomic E-state index is 12.0. The van der Waals surface area contributed by atoms with Gasteiger partial charge >= 0.3 is 11.9 Å². The SMILES string of the molecule is O=C(CCNS(=O)(=O)c1ccc(Br)cc1)O[C@H]1CCOC1=O. The molecule has 1 heterocycles. The molecule has 0 radical (unpaired) electrons. The summed E-state index contributed by atoms with van der Waals surface area (Å²) in [6.45, 7) is 0.117. The Labute approximate surface area is 136 Å². The van der Waals surface area contributed by atoms with E-state index in [-0.39, 0.29) is 24.5 Å². The normalized spacial score (nSPS) is 18.0. The predicted molar refractivity (Wildman–Crippen MR) is 79.4 cm³/mol. The van der Waals surface area contributed by atoms with Gasteiger partial charge in [0.15, 0.2) is 0 Å². The highest BCUT2D eigenvalue weighted by Crippen LogP contribution is 2.14. The fraction of sp³-hybridized carbons (Fsp3) is 0.385. The van der Waals surface area contributed by atoms with Crippen molar-refractivity contribution in [1.82, 2.24) is 4.72 Å². The van der Waals surface area contributed by atoms with Gasteiger partial charge in [0.05, 0.1) is 17.9 Å². The molecule has 0 aromatic heterocycles. The number of hydrogen-bond donors (Lipinski definition) is 1. The van der Waals surface area contributed by atoms with E-state index >= 15 is 0 Å². The molecule has 9 heteroatoms. The Balaban J connectivity index is 1.81. The number of halogens is 1. The van der Waals surface area contributed by atoms with Crippen molar-refractivity contribution in [1.29, 1.82) is 0 Å². The highest BCUT2D eigenvalue weighted by Gasteiger charge is 2.30. The molecule has 1 aromatic rings. The Kier molecular flexibility index (Phi) is 5.54. The molecule has 1 fully saturated rings. The van der Waals surface area contributed by atoms with Crippen molar-refractivity contribution in [2.75, 3.05) is 13.2 Å². The van der Waals surface area contributed by atoms with E-state index in [0.717, 1.165) is 4.47 Å². The Bertz CT molecular complexity index is 658. The highest BCUT2D eigenvalue weighted by molar-refractivity contribution is 9.10. The third kappa shape index (κ3) is 4.52. The van der Waals surface area contributed by atoms with Gasteiger partial charge in [0.25, 0.3) is 0 Å². The first kappa shape index (κ1) is 16.9. The highest BCUT2D eigenvalue weighted by atomic mass is 79.9. The number of hydrogen-bond acceptors (Lipinski definition) is 6. The van der Waals surface area contributed by atoms with Crippen LogP contribution >= 0.6 is 15.9 Å². The van der Waals surface area contributed by atoms with E-state index in [9.17, 15) is 18.0 Å². The summed E-state index contributed by atoms with van der Waals surface area (Å²) in [6, 6.07) is 6.10. The quantitative estimate of drug-likeness (QED) is 0.725. The van der Waals surface area contributed by atoms with Gasteiger partial charge in [-0.2, -0.15) is 0 Å². The number of benzene rings is 1. The van der Waals surface area contributed by atoms with E-state index in [0.29, 0.717) is 6.42 Å². The van der Waals surface area contributed by atoms with Crippen LogP contribution in [-0.2, 0) is 29.1 Å². The van der Waals surface area contributed by atoms with Crippen molar-refractivity contribution in [3.63, 3.8) is 0 Å². The molecule has 0 saturated carbocycles. The van der Waals surface area contributed by atoms with Gasteiger partial charge in [-0.05, 0) is 24.3 Å². The topological polar surface area (TPSA) is 98.8 Å². The standard InChI is InChI=1S/C13H14BrNO6S/c14-9-1-3-10(4-2-9)22(18,19)15-7-5-12(16)21-11-6-8-20-13(11)17/h1-4,11,15H,5-8H2/t11-/m0/s1. The van der Waals surface area contributed by atoms with Crippen molar-refractivity contribution in [2.24, 2.45) is 0 Å². The molecule has 120 valence electrons. The maximum absolute atomic E-state index is 12.0. The van der Waals surface area contributed by atoms with Crippen LogP contribution < -0.4 is 4.72 Å². The summed E-state index contributed by atoms with van der Waals surface area (Å²) in [7, 11) is -3.68. The third-order valence-electron chi connectivity index (χ3n) is 2.91. The maximum Gasteiger partial charge on any atom is 0.347 e. The van der Waals surface area contributed by atoms with Gasteiger partial charge in [-0.25, -0.2) is 17.9 Å². The minimum Gasteiger partial charge on any atom is -0.463 e. The van der Waals surface area contributed by atoms with Crippen molar-refractivity contribution >= 4 is 37.9 Å². The summed E-state index contributed by atoms with van der Waals surface area (Å²) in [5, 5.41) is 0.